The zero-order valence-electron chi connectivity index (χ0n) is 13.9. The number of carbonyl (C=O) groups excluding carboxylic acids is 1. The first-order valence-electron chi connectivity index (χ1n) is 8.16. The minimum absolute atomic E-state index is 0.0488. The number of nitrogens with zero attached hydrogens (tertiary/aromatic N) is 1. The molecule has 0 saturated carbocycles. The SMILES string of the molecule is CCNC(=O)C1CCCN(CCOc2ccc(S(N)(=O)=O)cc2)C1. The van der Waals surface area contributed by atoms with Gasteiger partial charge in [0.25, 0.3) is 0 Å². The Labute approximate surface area is 143 Å². The second-order valence-corrected chi connectivity index (χ2v) is 7.46. The molecule has 0 radical (unpaired) electrons. The van der Waals surface area contributed by atoms with Gasteiger partial charge in [0, 0.05) is 19.6 Å². The molecule has 24 heavy (non-hydrogen) atoms. The highest BCUT2D eigenvalue weighted by molar-refractivity contribution is 7.89. The Morgan fingerprint density at radius 2 is 2.08 bits per heavy atom. The summed E-state index contributed by atoms with van der Waals surface area (Å²) in [5, 5.41) is 7.93. The minimum atomic E-state index is -3.68. The maximum atomic E-state index is 11.9. The number of ether oxygens (including phenoxy) is 1. The summed E-state index contributed by atoms with van der Waals surface area (Å²) >= 11 is 0. The molecule has 1 aromatic carbocycles. The van der Waals surface area contributed by atoms with Gasteiger partial charge in [0.05, 0.1) is 10.8 Å². The van der Waals surface area contributed by atoms with E-state index in [1.807, 2.05) is 6.92 Å². The van der Waals surface area contributed by atoms with Gasteiger partial charge in [-0.15, -0.1) is 0 Å². The van der Waals surface area contributed by atoms with E-state index in [-0.39, 0.29) is 16.7 Å². The maximum absolute atomic E-state index is 11.9. The molecule has 1 amide bonds. The molecule has 7 nitrogen and oxygen atoms in total. The van der Waals surface area contributed by atoms with Gasteiger partial charge in [0.1, 0.15) is 12.4 Å². The third-order valence-corrected chi connectivity index (χ3v) is 4.99. The minimum Gasteiger partial charge on any atom is -0.492 e. The van der Waals surface area contributed by atoms with E-state index in [0.717, 1.165) is 32.5 Å². The summed E-state index contributed by atoms with van der Waals surface area (Å²) in [6, 6.07) is 6.04. The first-order valence-corrected chi connectivity index (χ1v) is 9.70. The fourth-order valence-corrected chi connectivity index (χ4v) is 3.32. The predicted octanol–water partition coefficient (Wildman–Crippen LogP) is 0.561. The molecule has 0 spiro atoms. The average Bonchev–Trinajstić information content (AvgIpc) is 2.55. The van der Waals surface area contributed by atoms with Gasteiger partial charge in [-0.1, -0.05) is 0 Å². The van der Waals surface area contributed by atoms with Crippen LogP contribution in [0.1, 0.15) is 19.8 Å². The van der Waals surface area contributed by atoms with Crippen molar-refractivity contribution < 1.29 is 17.9 Å². The van der Waals surface area contributed by atoms with Gasteiger partial charge in [-0.3, -0.25) is 9.69 Å². The van der Waals surface area contributed by atoms with Gasteiger partial charge in [-0.2, -0.15) is 0 Å². The standard InChI is InChI=1S/C16H25N3O4S/c1-2-18-16(20)13-4-3-9-19(12-13)10-11-23-14-5-7-15(8-6-14)24(17,21)22/h5-8,13H,2-4,9-12H2,1H3,(H,18,20)(H2,17,21,22). The lowest BCUT2D eigenvalue weighted by Gasteiger charge is -2.31. The van der Waals surface area contributed by atoms with Crippen LogP contribution in [-0.4, -0.2) is 52.0 Å². The summed E-state index contributed by atoms with van der Waals surface area (Å²) < 4.78 is 28.0. The van der Waals surface area contributed by atoms with E-state index in [0.29, 0.717) is 18.9 Å². The smallest absolute Gasteiger partial charge is 0.238 e. The van der Waals surface area contributed by atoms with Crippen molar-refractivity contribution in [2.75, 3.05) is 32.8 Å². The highest BCUT2D eigenvalue weighted by Gasteiger charge is 2.25. The number of nitrogens with one attached hydrogen (secondary N) is 1. The van der Waals surface area contributed by atoms with Gasteiger partial charge < -0.3 is 10.1 Å². The number of rotatable bonds is 7. The Morgan fingerprint density at radius 3 is 2.71 bits per heavy atom. The molecule has 8 heteroatoms. The summed E-state index contributed by atoms with van der Waals surface area (Å²) in [5.74, 6) is 0.772. The van der Waals surface area contributed by atoms with Gasteiger partial charge in [0.15, 0.2) is 0 Å². The summed E-state index contributed by atoms with van der Waals surface area (Å²) in [7, 11) is -3.68. The maximum Gasteiger partial charge on any atom is 0.238 e. The molecule has 1 unspecified atom stereocenters. The average molecular weight is 355 g/mol. The lowest BCUT2D eigenvalue weighted by Crippen LogP contribution is -2.44. The van der Waals surface area contributed by atoms with Crippen LogP contribution in [0.15, 0.2) is 29.2 Å². The lowest BCUT2D eigenvalue weighted by atomic mass is 9.97. The van der Waals surface area contributed by atoms with Crippen LogP contribution in [0.4, 0.5) is 0 Å². The molecule has 1 aliphatic rings. The molecule has 1 atom stereocenters. The molecule has 0 aromatic heterocycles. The molecule has 1 fully saturated rings. The van der Waals surface area contributed by atoms with E-state index >= 15 is 0 Å². The van der Waals surface area contributed by atoms with E-state index in [2.05, 4.69) is 10.2 Å². The third-order valence-electron chi connectivity index (χ3n) is 4.06. The van der Waals surface area contributed by atoms with Crippen LogP contribution < -0.4 is 15.2 Å². The Bertz CT molecular complexity index is 646. The van der Waals surface area contributed by atoms with E-state index in [1.165, 1.54) is 12.1 Å². The number of likely N-dealkylation sites (tertiary alicyclic amines) is 1. The van der Waals surface area contributed by atoms with Crippen LogP contribution in [0.2, 0.25) is 0 Å². The molecule has 1 heterocycles. The van der Waals surface area contributed by atoms with Gasteiger partial charge in [-0.25, -0.2) is 13.6 Å². The Balaban J connectivity index is 1.78. The second kappa shape index (κ2) is 8.46. The Morgan fingerprint density at radius 1 is 1.38 bits per heavy atom. The summed E-state index contributed by atoms with van der Waals surface area (Å²) in [5.41, 5.74) is 0. The van der Waals surface area contributed by atoms with E-state index < -0.39 is 10.0 Å². The Hall–Kier alpha value is -1.64. The number of piperidine rings is 1. The lowest BCUT2D eigenvalue weighted by molar-refractivity contribution is -0.126. The number of carbonyl (C=O) groups is 1. The Kier molecular flexibility index (Phi) is 6.59. The molecular formula is C16H25N3O4S. The number of benzene rings is 1. The number of sulfonamides is 1. The van der Waals surface area contributed by atoms with E-state index in [1.54, 1.807) is 12.1 Å². The van der Waals surface area contributed by atoms with Gasteiger partial charge >= 0.3 is 0 Å². The largest absolute Gasteiger partial charge is 0.492 e. The first kappa shape index (κ1) is 18.7. The monoisotopic (exact) mass is 355 g/mol. The predicted molar refractivity (Wildman–Crippen MR) is 91.2 cm³/mol. The number of hydrogen-bond acceptors (Lipinski definition) is 5. The van der Waals surface area contributed by atoms with Crippen LogP contribution in [0, 0.1) is 5.92 Å². The van der Waals surface area contributed by atoms with Crippen molar-refractivity contribution in [2.45, 2.75) is 24.7 Å². The molecular weight excluding hydrogens is 330 g/mol. The number of nitrogens with two attached hydrogens (primary N) is 1. The fourth-order valence-electron chi connectivity index (χ4n) is 2.81. The van der Waals surface area contributed by atoms with Crippen LogP contribution in [0.5, 0.6) is 5.75 Å². The summed E-state index contributed by atoms with van der Waals surface area (Å²) in [6.07, 6.45) is 1.93. The first-order chi connectivity index (χ1) is 11.4. The molecule has 1 aromatic rings. The highest BCUT2D eigenvalue weighted by Crippen LogP contribution is 2.17. The van der Waals surface area contributed by atoms with Crippen LogP contribution in [0.25, 0.3) is 0 Å². The summed E-state index contributed by atoms with van der Waals surface area (Å²) in [4.78, 5) is 14.2. The highest BCUT2D eigenvalue weighted by atomic mass is 32.2. The zero-order valence-corrected chi connectivity index (χ0v) is 14.7. The van der Waals surface area contributed by atoms with Gasteiger partial charge in [0.2, 0.25) is 15.9 Å². The molecule has 0 aliphatic carbocycles. The topological polar surface area (TPSA) is 102 Å². The summed E-state index contributed by atoms with van der Waals surface area (Å²) in [6.45, 7) is 5.51. The molecule has 134 valence electrons. The van der Waals surface area contributed by atoms with Crippen LogP contribution in [-0.2, 0) is 14.8 Å². The fraction of sp³-hybridized carbons (Fsp3) is 0.562. The number of primary sulfonamides is 1. The molecule has 2 rings (SSSR count). The van der Waals surface area contributed by atoms with Crippen molar-refractivity contribution in [2.24, 2.45) is 11.1 Å². The molecule has 0 bridgehead atoms. The zero-order chi connectivity index (χ0) is 17.6. The van der Waals surface area contributed by atoms with Crippen LogP contribution in [0.3, 0.4) is 0 Å². The van der Waals surface area contributed by atoms with E-state index in [4.69, 9.17) is 9.88 Å². The van der Waals surface area contributed by atoms with Crippen molar-refractivity contribution >= 4 is 15.9 Å². The third kappa shape index (κ3) is 5.47. The number of amides is 1. The quantitative estimate of drug-likeness (QED) is 0.744. The van der Waals surface area contributed by atoms with E-state index in [9.17, 15) is 13.2 Å². The molecule has 1 saturated heterocycles. The van der Waals surface area contributed by atoms with Crippen LogP contribution >= 0.6 is 0 Å². The van der Waals surface area contributed by atoms with Crippen molar-refractivity contribution in [3.63, 3.8) is 0 Å². The van der Waals surface area contributed by atoms with Crippen molar-refractivity contribution in [1.29, 1.82) is 0 Å². The van der Waals surface area contributed by atoms with Crippen molar-refractivity contribution in [3.05, 3.63) is 24.3 Å². The van der Waals surface area contributed by atoms with Crippen molar-refractivity contribution in [1.82, 2.24) is 10.2 Å². The molecule has 3 N–H and O–H groups in total. The van der Waals surface area contributed by atoms with Gasteiger partial charge in [-0.05, 0) is 50.6 Å². The number of hydrogen-bond donors (Lipinski definition) is 2. The normalized spacial score (nSPS) is 19.0. The second-order valence-electron chi connectivity index (χ2n) is 5.90. The molecule has 1 aliphatic heterocycles. The van der Waals surface area contributed by atoms with Crippen molar-refractivity contribution in [3.8, 4) is 5.75 Å².